The Morgan fingerprint density at radius 1 is 0.188 bits per heavy atom. The molecule has 11 aromatic rings. The van der Waals surface area contributed by atoms with Crippen molar-refractivity contribution in [1.82, 2.24) is 0 Å². The number of anilines is 3. The summed E-state index contributed by atoms with van der Waals surface area (Å²) in [6, 6.07) is 102. The molecule has 0 saturated heterocycles. The smallest absolute Gasteiger partial charge is 0.0720 e. The summed E-state index contributed by atoms with van der Waals surface area (Å²) in [7, 11) is 0. The Bertz CT molecular complexity index is 3700. The normalized spacial score (nSPS) is 13.7. The molecule has 69 heavy (non-hydrogen) atoms. The van der Waals surface area contributed by atoms with Gasteiger partial charge in [-0.2, -0.15) is 0 Å². The molecule has 0 fully saturated rings. The quantitative estimate of drug-likeness (QED) is 0.161. The summed E-state index contributed by atoms with van der Waals surface area (Å²) in [6.07, 6.45) is 0. The van der Waals surface area contributed by atoms with Crippen molar-refractivity contribution in [2.45, 2.75) is 10.8 Å². The van der Waals surface area contributed by atoms with E-state index in [1.165, 1.54) is 100 Å². The number of hydrogen-bond acceptors (Lipinski definition) is 1. The van der Waals surface area contributed by atoms with Gasteiger partial charge >= 0.3 is 0 Å². The lowest BCUT2D eigenvalue weighted by Gasteiger charge is -2.49. The molecule has 3 aliphatic carbocycles. The predicted octanol–water partition coefficient (Wildman–Crippen LogP) is 17.2. The van der Waals surface area contributed by atoms with Gasteiger partial charge in [-0.15, -0.1) is 0 Å². The molecule has 0 radical (unpaired) electrons. The van der Waals surface area contributed by atoms with Gasteiger partial charge in [-0.05, 0) is 137 Å². The Hall–Kier alpha value is -8.78. The molecule has 0 unspecified atom stereocenters. The minimum absolute atomic E-state index is 0.564. The SMILES string of the molecule is c1ccc(-c2cccc(N(c3ccc(-c4ccccc4)c(-c4ccccc4)c3)c3ccc4c(c3)C3(c5ccccc5-c5ccccc53)c3ccccc3C43c4ccccc4-c4ccccc43)c2)cc1. The van der Waals surface area contributed by atoms with E-state index >= 15 is 0 Å². The molecule has 0 saturated carbocycles. The number of benzene rings is 11. The van der Waals surface area contributed by atoms with Crippen molar-refractivity contribution >= 4 is 17.1 Å². The van der Waals surface area contributed by atoms with Crippen molar-refractivity contribution in [2.24, 2.45) is 0 Å². The molecule has 0 aromatic heterocycles. The summed E-state index contributed by atoms with van der Waals surface area (Å²) >= 11 is 0. The molecule has 0 N–H and O–H groups in total. The summed E-state index contributed by atoms with van der Waals surface area (Å²) in [6.45, 7) is 0. The zero-order valence-corrected chi connectivity index (χ0v) is 37.9. The summed E-state index contributed by atoms with van der Waals surface area (Å²) < 4.78 is 0. The minimum Gasteiger partial charge on any atom is -0.310 e. The van der Waals surface area contributed by atoms with Crippen LogP contribution >= 0.6 is 0 Å². The highest BCUT2D eigenvalue weighted by atomic mass is 15.1. The maximum Gasteiger partial charge on any atom is 0.0720 e. The average molecular weight is 876 g/mol. The fourth-order valence-electron chi connectivity index (χ4n) is 12.7. The van der Waals surface area contributed by atoms with Crippen molar-refractivity contribution in [2.75, 3.05) is 4.90 Å². The molecule has 3 aliphatic rings. The van der Waals surface area contributed by atoms with Crippen LogP contribution < -0.4 is 4.90 Å². The molecule has 0 heterocycles. The second-order valence-corrected chi connectivity index (χ2v) is 18.7. The van der Waals surface area contributed by atoms with Crippen LogP contribution in [0.2, 0.25) is 0 Å². The molecule has 0 aliphatic heterocycles. The van der Waals surface area contributed by atoms with Gasteiger partial charge in [0.15, 0.2) is 0 Å². The highest BCUT2D eigenvalue weighted by Crippen LogP contribution is 2.68. The van der Waals surface area contributed by atoms with Crippen LogP contribution in [0.1, 0.15) is 44.5 Å². The van der Waals surface area contributed by atoms with Gasteiger partial charge in [-0.25, -0.2) is 0 Å². The Labute approximate surface area is 403 Å². The van der Waals surface area contributed by atoms with E-state index in [-0.39, 0.29) is 0 Å². The van der Waals surface area contributed by atoms with Crippen LogP contribution in [0.5, 0.6) is 0 Å². The first kappa shape index (κ1) is 39.4. The summed E-state index contributed by atoms with van der Waals surface area (Å²) in [4.78, 5) is 2.50. The Morgan fingerprint density at radius 2 is 0.551 bits per heavy atom. The second kappa shape index (κ2) is 15.4. The fourth-order valence-corrected chi connectivity index (χ4v) is 12.7. The Kier molecular flexibility index (Phi) is 8.78. The summed E-state index contributed by atoms with van der Waals surface area (Å²) in [5.74, 6) is 0. The predicted molar refractivity (Wildman–Crippen MR) is 286 cm³/mol. The molecule has 2 spiro atoms. The van der Waals surface area contributed by atoms with E-state index in [0.717, 1.165) is 17.1 Å². The van der Waals surface area contributed by atoms with Crippen molar-refractivity contribution < 1.29 is 0 Å². The number of fused-ring (bicyclic) bond motifs is 16. The zero-order valence-electron chi connectivity index (χ0n) is 37.9. The van der Waals surface area contributed by atoms with E-state index in [2.05, 4.69) is 278 Å². The lowest BCUT2D eigenvalue weighted by molar-refractivity contribution is 0.633. The molecule has 0 bridgehead atoms. The van der Waals surface area contributed by atoms with Crippen LogP contribution in [0, 0.1) is 0 Å². The van der Waals surface area contributed by atoms with Gasteiger partial charge in [0.05, 0.1) is 10.8 Å². The monoisotopic (exact) mass is 875 g/mol. The third-order valence-electron chi connectivity index (χ3n) is 15.4. The first-order valence-corrected chi connectivity index (χ1v) is 24.1. The minimum atomic E-state index is -0.614. The number of nitrogens with zero attached hydrogens (tertiary/aromatic N) is 1. The number of rotatable bonds is 6. The van der Waals surface area contributed by atoms with Crippen LogP contribution in [-0.4, -0.2) is 0 Å². The Balaban J connectivity index is 1.11. The fraction of sp³-hybridized carbons (Fsp3) is 0.0294. The summed E-state index contributed by atoms with van der Waals surface area (Å²) in [5, 5.41) is 0. The zero-order chi connectivity index (χ0) is 45.5. The van der Waals surface area contributed by atoms with Gasteiger partial charge < -0.3 is 4.90 Å². The van der Waals surface area contributed by atoms with Gasteiger partial charge in [0.1, 0.15) is 0 Å². The van der Waals surface area contributed by atoms with Crippen LogP contribution in [0.4, 0.5) is 17.1 Å². The van der Waals surface area contributed by atoms with E-state index in [9.17, 15) is 0 Å². The lowest BCUT2D eigenvalue weighted by atomic mass is 9.52. The summed E-state index contributed by atoms with van der Waals surface area (Å²) in [5.41, 5.74) is 25.0. The van der Waals surface area contributed by atoms with Gasteiger partial charge in [-0.1, -0.05) is 237 Å². The van der Waals surface area contributed by atoms with Gasteiger partial charge in [0.25, 0.3) is 0 Å². The van der Waals surface area contributed by atoms with E-state index < -0.39 is 10.8 Å². The molecule has 0 atom stereocenters. The molecular formula is C68H45N. The average Bonchev–Trinajstić information content (AvgIpc) is 3.89. The van der Waals surface area contributed by atoms with Crippen LogP contribution in [0.25, 0.3) is 55.6 Å². The third kappa shape index (κ3) is 5.59. The Morgan fingerprint density at radius 3 is 1.07 bits per heavy atom. The van der Waals surface area contributed by atoms with E-state index in [0.29, 0.717) is 0 Å². The highest BCUT2D eigenvalue weighted by Gasteiger charge is 2.59. The highest BCUT2D eigenvalue weighted by molar-refractivity contribution is 5.95. The molecule has 11 aromatic carbocycles. The molecule has 322 valence electrons. The van der Waals surface area contributed by atoms with Crippen molar-refractivity contribution in [3.8, 4) is 55.6 Å². The molecule has 14 rings (SSSR count). The van der Waals surface area contributed by atoms with Crippen molar-refractivity contribution in [1.29, 1.82) is 0 Å². The standard InChI is InChI=1S/C68H45N/c1-4-21-46(22-5-1)49-27-20-28-50(43-49)69(51-39-41-53(47-23-6-2-7-24-47)58(44-51)48-25-8-3-9-26-48)52-40-42-65-66(45-52)68(61-35-16-12-31-56(61)57-32-13-17-36-62(57)68)64-38-19-18-37-63(64)67(65)59-33-14-10-29-54(59)55-30-11-15-34-60(55)67/h1-45H. The van der Waals surface area contributed by atoms with E-state index in [1.807, 2.05) is 0 Å². The lowest BCUT2D eigenvalue weighted by Crippen LogP contribution is -2.43. The number of hydrogen-bond donors (Lipinski definition) is 0. The van der Waals surface area contributed by atoms with Gasteiger partial charge in [0.2, 0.25) is 0 Å². The van der Waals surface area contributed by atoms with E-state index in [1.54, 1.807) is 0 Å². The molecule has 1 heteroatoms. The van der Waals surface area contributed by atoms with Crippen LogP contribution in [0.15, 0.2) is 273 Å². The third-order valence-corrected chi connectivity index (χ3v) is 15.4. The maximum atomic E-state index is 2.57. The van der Waals surface area contributed by atoms with Crippen molar-refractivity contribution in [3.63, 3.8) is 0 Å². The molecule has 1 nitrogen and oxygen atoms in total. The van der Waals surface area contributed by atoms with Crippen LogP contribution in [0.3, 0.4) is 0 Å². The van der Waals surface area contributed by atoms with Crippen molar-refractivity contribution in [3.05, 3.63) is 317 Å². The second-order valence-electron chi connectivity index (χ2n) is 18.7. The van der Waals surface area contributed by atoms with E-state index in [4.69, 9.17) is 0 Å². The first-order valence-electron chi connectivity index (χ1n) is 24.1. The van der Waals surface area contributed by atoms with Gasteiger partial charge in [-0.3, -0.25) is 0 Å². The molecule has 0 amide bonds. The first-order chi connectivity index (χ1) is 34.2. The maximum absolute atomic E-state index is 2.57. The molecular weight excluding hydrogens is 831 g/mol. The van der Waals surface area contributed by atoms with Crippen LogP contribution in [-0.2, 0) is 10.8 Å². The van der Waals surface area contributed by atoms with Gasteiger partial charge in [0, 0.05) is 17.1 Å². The topological polar surface area (TPSA) is 3.24 Å². The largest absolute Gasteiger partial charge is 0.310 e.